The summed E-state index contributed by atoms with van der Waals surface area (Å²) in [5, 5.41) is 1.33. The summed E-state index contributed by atoms with van der Waals surface area (Å²) < 4.78 is 0. The molecular formula is C13H13N. The van der Waals surface area contributed by atoms with Gasteiger partial charge in [0.05, 0.1) is 0 Å². The first-order valence-electron chi connectivity index (χ1n) is 5.16. The van der Waals surface area contributed by atoms with Crippen molar-refractivity contribution in [2.75, 3.05) is 0 Å². The SMILES string of the molecule is CCC1=Cc2cc3[nH]ccc3cc2C1. The first-order valence-corrected chi connectivity index (χ1v) is 5.16. The maximum Gasteiger partial charge on any atom is 0.0460 e. The minimum absolute atomic E-state index is 1.15. The number of aromatic amines is 1. The van der Waals surface area contributed by atoms with Crippen molar-refractivity contribution in [2.45, 2.75) is 19.8 Å². The Morgan fingerprint density at radius 2 is 2.29 bits per heavy atom. The van der Waals surface area contributed by atoms with Gasteiger partial charge in [-0.2, -0.15) is 0 Å². The summed E-state index contributed by atoms with van der Waals surface area (Å²) in [5.74, 6) is 0. The average molecular weight is 183 g/mol. The van der Waals surface area contributed by atoms with Gasteiger partial charge in [0.15, 0.2) is 0 Å². The Morgan fingerprint density at radius 1 is 1.36 bits per heavy atom. The van der Waals surface area contributed by atoms with Gasteiger partial charge < -0.3 is 4.98 Å². The number of hydrogen-bond acceptors (Lipinski definition) is 0. The summed E-state index contributed by atoms with van der Waals surface area (Å²) in [6.45, 7) is 2.23. The quantitative estimate of drug-likeness (QED) is 0.696. The molecule has 0 fully saturated rings. The highest BCUT2D eigenvalue weighted by molar-refractivity contribution is 5.85. The molecule has 0 spiro atoms. The fraction of sp³-hybridized carbons (Fsp3) is 0.231. The van der Waals surface area contributed by atoms with Crippen LogP contribution in [0, 0.1) is 0 Å². The molecule has 0 saturated carbocycles. The lowest BCUT2D eigenvalue weighted by atomic mass is 10.1. The highest BCUT2D eigenvalue weighted by atomic mass is 14.7. The van der Waals surface area contributed by atoms with Gasteiger partial charge in [-0.3, -0.25) is 0 Å². The van der Waals surface area contributed by atoms with E-state index >= 15 is 0 Å². The van der Waals surface area contributed by atoms with Crippen LogP contribution in [-0.4, -0.2) is 4.98 Å². The van der Waals surface area contributed by atoms with Gasteiger partial charge in [0.25, 0.3) is 0 Å². The molecule has 1 aliphatic rings. The smallest absolute Gasteiger partial charge is 0.0460 e. The van der Waals surface area contributed by atoms with Crippen LogP contribution in [0.1, 0.15) is 24.5 Å². The Morgan fingerprint density at radius 3 is 3.14 bits per heavy atom. The second-order valence-corrected chi connectivity index (χ2v) is 3.95. The van der Waals surface area contributed by atoms with Crippen LogP contribution in [0.5, 0.6) is 0 Å². The molecule has 0 unspecified atom stereocenters. The summed E-state index contributed by atoms with van der Waals surface area (Å²) >= 11 is 0. The van der Waals surface area contributed by atoms with Crippen LogP contribution in [0.2, 0.25) is 0 Å². The molecule has 14 heavy (non-hydrogen) atoms. The molecule has 0 aliphatic heterocycles. The van der Waals surface area contributed by atoms with E-state index in [-0.39, 0.29) is 0 Å². The van der Waals surface area contributed by atoms with Gasteiger partial charge in [-0.05, 0) is 47.6 Å². The van der Waals surface area contributed by atoms with E-state index in [0.717, 1.165) is 6.42 Å². The minimum atomic E-state index is 1.15. The third kappa shape index (κ3) is 1.02. The molecule has 1 aromatic carbocycles. The molecule has 0 saturated heterocycles. The zero-order valence-corrected chi connectivity index (χ0v) is 8.30. The zero-order chi connectivity index (χ0) is 9.54. The lowest BCUT2D eigenvalue weighted by Crippen LogP contribution is -1.83. The third-order valence-corrected chi connectivity index (χ3v) is 3.04. The minimum Gasteiger partial charge on any atom is -0.361 e. The van der Waals surface area contributed by atoms with Gasteiger partial charge in [0.1, 0.15) is 0 Å². The molecule has 1 nitrogen and oxygen atoms in total. The van der Waals surface area contributed by atoms with Crippen LogP contribution >= 0.6 is 0 Å². The molecule has 70 valence electrons. The Hall–Kier alpha value is -1.50. The molecule has 1 aliphatic carbocycles. The van der Waals surface area contributed by atoms with Crippen molar-refractivity contribution in [1.82, 2.24) is 4.98 Å². The van der Waals surface area contributed by atoms with Crippen molar-refractivity contribution in [3.63, 3.8) is 0 Å². The van der Waals surface area contributed by atoms with Crippen molar-refractivity contribution in [2.24, 2.45) is 0 Å². The van der Waals surface area contributed by atoms with Crippen LogP contribution in [0.15, 0.2) is 30.0 Å². The highest BCUT2D eigenvalue weighted by Crippen LogP contribution is 2.29. The van der Waals surface area contributed by atoms with Crippen LogP contribution < -0.4 is 0 Å². The zero-order valence-electron chi connectivity index (χ0n) is 8.30. The van der Waals surface area contributed by atoms with E-state index in [1.54, 1.807) is 5.57 Å². The Kier molecular flexibility index (Phi) is 1.54. The van der Waals surface area contributed by atoms with Gasteiger partial charge in [-0.15, -0.1) is 0 Å². The normalized spacial score (nSPS) is 14.5. The molecule has 1 aromatic heterocycles. The largest absolute Gasteiger partial charge is 0.361 e. The fourth-order valence-corrected chi connectivity index (χ4v) is 2.19. The van der Waals surface area contributed by atoms with Crippen LogP contribution in [-0.2, 0) is 6.42 Å². The molecule has 0 radical (unpaired) electrons. The van der Waals surface area contributed by atoms with Crippen molar-refractivity contribution < 1.29 is 0 Å². The molecule has 3 rings (SSSR count). The highest BCUT2D eigenvalue weighted by Gasteiger charge is 2.12. The number of H-pyrrole nitrogens is 1. The lowest BCUT2D eigenvalue weighted by molar-refractivity contribution is 1.04. The van der Waals surface area contributed by atoms with Crippen molar-refractivity contribution in [3.05, 3.63) is 41.1 Å². The summed E-state index contributed by atoms with van der Waals surface area (Å²) in [6, 6.07) is 6.70. The van der Waals surface area contributed by atoms with E-state index in [1.807, 2.05) is 6.20 Å². The summed E-state index contributed by atoms with van der Waals surface area (Å²) in [6.07, 6.45) is 6.65. The first kappa shape index (κ1) is 7.86. The van der Waals surface area contributed by atoms with Crippen LogP contribution in [0.3, 0.4) is 0 Å². The van der Waals surface area contributed by atoms with E-state index in [9.17, 15) is 0 Å². The monoisotopic (exact) mass is 183 g/mol. The van der Waals surface area contributed by atoms with E-state index < -0.39 is 0 Å². The van der Waals surface area contributed by atoms with Gasteiger partial charge in [-0.25, -0.2) is 0 Å². The van der Waals surface area contributed by atoms with E-state index in [1.165, 1.54) is 28.5 Å². The van der Waals surface area contributed by atoms with E-state index in [0.29, 0.717) is 0 Å². The van der Waals surface area contributed by atoms with Crippen molar-refractivity contribution in [3.8, 4) is 0 Å². The molecular weight excluding hydrogens is 170 g/mol. The molecule has 2 aromatic rings. The van der Waals surface area contributed by atoms with E-state index in [2.05, 4.69) is 36.2 Å². The number of allylic oxidation sites excluding steroid dienone is 1. The predicted molar refractivity (Wildman–Crippen MR) is 60.3 cm³/mol. The van der Waals surface area contributed by atoms with Crippen LogP contribution in [0.25, 0.3) is 17.0 Å². The molecule has 1 heteroatoms. The maximum absolute atomic E-state index is 3.25. The Labute approximate surface area is 83.5 Å². The maximum atomic E-state index is 3.25. The third-order valence-electron chi connectivity index (χ3n) is 3.04. The molecule has 1 N–H and O–H groups in total. The number of fused-ring (bicyclic) bond motifs is 2. The summed E-state index contributed by atoms with van der Waals surface area (Å²) in [7, 11) is 0. The average Bonchev–Trinajstić information content (AvgIpc) is 2.77. The number of aromatic nitrogens is 1. The fourth-order valence-electron chi connectivity index (χ4n) is 2.19. The topological polar surface area (TPSA) is 15.8 Å². The first-order chi connectivity index (χ1) is 6.86. The second-order valence-electron chi connectivity index (χ2n) is 3.95. The summed E-state index contributed by atoms with van der Waals surface area (Å²) in [4.78, 5) is 3.25. The standard InChI is InChI=1S/C13H13N/c1-2-9-5-11-7-10-3-4-14-13(10)8-12(11)6-9/h3-4,6-8,14H,2,5H2,1H3. The number of nitrogens with one attached hydrogen (secondary N) is 1. The molecule has 1 heterocycles. The van der Waals surface area contributed by atoms with E-state index in [4.69, 9.17) is 0 Å². The van der Waals surface area contributed by atoms with Crippen molar-refractivity contribution >= 4 is 17.0 Å². The molecule has 0 amide bonds. The van der Waals surface area contributed by atoms with Gasteiger partial charge in [0, 0.05) is 11.7 Å². The van der Waals surface area contributed by atoms with Crippen molar-refractivity contribution in [1.29, 1.82) is 0 Å². The van der Waals surface area contributed by atoms with Gasteiger partial charge in [0.2, 0.25) is 0 Å². The molecule has 0 bridgehead atoms. The van der Waals surface area contributed by atoms with Gasteiger partial charge >= 0.3 is 0 Å². The number of rotatable bonds is 1. The Bertz CT molecular complexity index is 517. The number of hydrogen-bond donors (Lipinski definition) is 1. The lowest BCUT2D eigenvalue weighted by Gasteiger charge is -1.98. The van der Waals surface area contributed by atoms with Crippen LogP contribution in [0.4, 0.5) is 0 Å². The molecule has 0 atom stereocenters. The predicted octanol–water partition coefficient (Wildman–Crippen LogP) is 3.52. The summed E-state index contributed by atoms with van der Waals surface area (Å²) in [5.41, 5.74) is 5.68. The number of benzene rings is 1. The Balaban J connectivity index is 2.21. The second kappa shape index (κ2) is 2.74. The van der Waals surface area contributed by atoms with Gasteiger partial charge in [-0.1, -0.05) is 18.6 Å².